The number of hydrogen-bond acceptors (Lipinski definition) is 4. The molecule has 0 unspecified atom stereocenters. The Morgan fingerprint density at radius 1 is 0.750 bits per heavy atom. The van der Waals surface area contributed by atoms with Crippen LogP contribution in [0.25, 0.3) is 11.1 Å². The number of likely N-dealkylation sites (N-methyl/N-ethyl adjacent to an activating group) is 2. The van der Waals surface area contributed by atoms with Crippen LogP contribution >= 0.6 is 0 Å². The number of ether oxygens (including phenoxy) is 1. The molecular formula is C31H41N3O2. The van der Waals surface area contributed by atoms with Crippen molar-refractivity contribution < 1.29 is 9.53 Å². The fraction of sp³-hybridized carbons (Fsp3) is 0.387. The van der Waals surface area contributed by atoms with Gasteiger partial charge in [-0.2, -0.15) is 0 Å². The summed E-state index contributed by atoms with van der Waals surface area (Å²) in [7, 11) is 8.08. The molecule has 192 valence electrons. The molecule has 0 radical (unpaired) electrons. The Hall–Kier alpha value is -2.99. The monoisotopic (exact) mass is 487 g/mol. The minimum absolute atomic E-state index is 0.142. The largest absolute Gasteiger partial charge is 0.385 e. The Morgan fingerprint density at radius 2 is 1.44 bits per heavy atom. The zero-order valence-electron chi connectivity index (χ0n) is 22.3. The lowest BCUT2D eigenvalue weighted by atomic mass is 9.98. The minimum Gasteiger partial charge on any atom is -0.385 e. The molecule has 0 N–H and O–H groups in total. The van der Waals surface area contributed by atoms with Crippen LogP contribution in [0.5, 0.6) is 0 Å². The van der Waals surface area contributed by atoms with Crippen molar-refractivity contribution in [2.75, 3.05) is 54.5 Å². The van der Waals surface area contributed by atoms with Gasteiger partial charge >= 0.3 is 0 Å². The predicted molar refractivity (Wildman–Crippen MR) is 149 cm³/mol. The van der Waals surface area contributed by atoms with Gasteiger partial charge in [-0.05, 0) is 55.4 Å². The molecule has 5 heteroatoms. The smallest absolute Gasteiger partial charge is 0.227 e. The van der Waals surface area contributed by atoms with Gasteiger partial charge in [0.15, 0.2) is 0 Å². The van der Waals surface area contributed by atoms with Crippen LogP contribution in [0.3, 0.4) is 0 Å². The SMILES string of the molecule is COCCCN(Cc1ccccc1-c1ccc(CN(C)CCN(C)C)cc1)C(=O)Cc1ccccc1. The highest BCUT2D eigenvalue weighted by atomic mass is 16.5. The minimum atomic E-state index is 0.142. The zero-order chi connectivity index (χ0) is 25.8. The molecule has 0 aliphatic heterocycles. The molecule has 0 atom stereocenters. The summed E-state index contributed by atoms with van der Waals surface area (Å²) >= 11 is 0. The van der Waals surface area contributed by atoms with E-state index in [0.717, 1.165) is 37.2 Å². The third-order valence-electron chi connectivity index (χ3n) is 6.35. The molecule has 0 saturated carbocycles. The van der Waals surface area contributed by atoms with Gasteiger partial charge in [0.25, 0.3) is 0 Å². The molecule has 0 saturated heterocycles. The average Bonchev–Trinajstić information content (AvgIpc) is 2.88. The van der Waals surface area contributed by atoms with Crippen molar-refractivity contribution in [3.63, 3.8) is 0 Å². The number of rotatable bonds is 14. The van der Waals surface area contributed by atoms with E-state index >= 15 is 0 Å². The van der Waals surface area contributed by atoms with Crippen molar-refractivity contribution >= 4 is 5.91 Å². The van der Waals surface area contributed by atoms with Crippen molar-refractivity contribution in [3.8, 4) is 11.1 Å². The molecule has 36 heavy (non-hydrogen) atoms. The maximum absolute atomic E-state index is 13.3. The summed E-state index contributed by atoms with van der Waals surface area (Å²) in [5.74, 6) is 0.142. The fourth-order valence-electron chi connectivity index (χ4n) is 4.27. The number of hydrogen-bond donors (Lipinski definition) is 0. The van der Waals surface area contributed by atoms with Crippen molar-refractivity contribution in [1.29, 1.82) is 0 Å². The van der Waals surface area contributed by atoms with E-state index in [1.807, 2.05) is 35.2 Å². The molecule has 3 aromatic rings. The Morgan fingerprint density at radius 3 is 2.14 bits per heavy atom. The first-order valence-corrected chi connectivity index (χ1v) is 12.8. The van der Waals surface area contributed by atoms with E-state index in [4.69, 9.17) is 4.74 Å². The maximum Gasteiger partial charge on any atom is 0.227 e. The summed E-state index contributed by atoms with van der Waals surface area (Å²) in [5, 5.41) is 0. The van der Waals surface area contributed by atoms with Crippen LogP contribution in [0.1, 0.15) is 23.1 Å². The predicted octanol–water partition coefficient (Wildman–Crippen LogP) is 4.95. The number of carbonyl (C=O) groups excluding carboxylic acids is 1. The molecule has 1 amide bonds. The Labute approximate surface area is 217 Å². The van der Waals surface area contributed by atoms with E-state index < -0.39 is 0 Å². The van der Waals surface area contributed by atoms with Crippen LogP contribution in [0, 0.1) is 0 Å². The first-order valence-electron chi connectivity index (χ1n) is 12.8. The third-order valence-corrected chi connectivity index (χ3v) is 6.35. The van der Waals surface area contributed by atoms with E-state index in [0.29, 0.717) is 26.1 Å². The summed E-state index contributed by atoms with van der Waals surface area (Å²) in [6, 6.07) is 27.2. The van der Waals surface area contributed by atoms with Gasteiger partial charge in [-0.25, -0.2) is 0 Å². The summed E-state index contributed by atoms with van der Waals surface area (Å²) in [5.41, 5.74) is 5.86. The Bertz CT molecular complexity index is 1050. The molecule has 0 aliphatic rings. The topological polar surface area (TPSA) is 36.0 Å². The summed E-state index contributed by atoms with van der Waals surface area (Å²) in [6.07, 6.45) is 1.22. The van der Waals surface area contributed by atoms with Gasteiger partial charge in [0, 0.05) is 46.4 Å². The number of amides is 1. The Balaban J connectivity index is 1.73. The highest BCUT2D eigenvalue weighted by molar-refractivity contribution is 5.79. The molecule has 5 nitrogen and oxygen atoms in total. The van der Waals surface area contributed by atoms with Crippen LogP contribution in [-0.2, 0) is 29.0 Å². The molecule has 0 heterocycles. The summed E-state index contributed by atoms with van der Waals surface area (Å²) in [4.78, 5) is 19.8. The third kappa shape index (κ3) is 8.90. The van der Waals surface area contributed by atoms with Gasteiger partial charge in [0.1, 0.15) is 0 Å². The normalized spacial score (nSPS) is 11.3. The fourth-order valence-corrected chi connectivity index (χ4v) is 4.27. The van der Waals surface area contributed by atoms with Crippen LogP contribution in [0.2, 0.25) is 0 Å². The number of methoxy groups -OCH3 is 1. The number of benzene rings is 3. The molecule has 0 bridgehead atoms. The van der Waals surface area contributed by atoms with E-state index in [1.165, 1.54) is 16.7 Å². The molecule has 3 aromatic carbocycles. The Kier molecular flexibility index (Phi) is 11.1. The zero-order valence-corrected chi connectivity index (χ0v) is 22.3. The molecule has 0 aliphatic carbocycles. The highest BCUT2D eigenvalue weighted by Crippen LogP contribution is 2.26. The standard InChI is InChI=1S/C31H41N3O2/c1-32(2)20-21-33(3)24-27-15-17-28(18-16-27)30-14-9-8-13-29(30)25-34(19-10-22-36-4)31(35)23-26-11-6-5-7-12-26/h5-9,11-18H,10,19-25H2,1-4H3. The number of nitrogens with zero attached hydrogens (tertiary/aromatic N) is 3. The second-order valence-corrected chi connectivity index (χ2v) is 9.72. The van der Waals surface area contributed by atoms with Crippen LogP contribution < -0.4 is 0 Å². The van der Waals surface area contributed by atoms with Crippen LogP contribution in [0.4, 0.5) is 0 Å². The first kappa shape index (κ1) is 27.6. The number of carbonyl (C=O) groups is 1. The van der Waals surface area contributed by atoms with E-state index in [9.17, 15) is 4.79 Å². The van der Waals surface area contributed by atoms with Gasteiger partial charge in [-0.1, -0.05) is 78.9 Å². The van der Waals surface area contributed by atoms with E-state index in [-0.39, 0.29) is 5.91 Å². The first-order chi connectivity index (χ1) is 17.5. The molecule has 0 spiro atoms. The summed E-state index contributed by atoms with van der Waals surface area (Å²) < 4.78 is 5.26. The average molecular weight is 488 g/mol. The van der Waals surface area contributed by atoms with E-state index in [1.54, 1.807) is 7.11 Å². The molecule has 3 rings (SSSR count). The van der Waals surface area contributed by atoms with Crippen molar-refractivity contribution in [2.45, 2.75) is 25.9 Å². The highest BCUT2D eigenvalue weighted by Gasteiger charge is 2.17. The lowest BCUT2D eigenvalue weighted by Gasteiger charge is -2.24. The quantitative estimate of drug-likeness (QED) is 0.301. The van der Waals surface area contributed by atoms with Crippen molar-refractivity contribution in [2.24, 2.45) is 0 Å². The summed E-state index contributed by atoms with van der Waals surface area (Å²) in [6.45, 7) is 4.91. The van der Waals surface area contributed by atoms with Gasteiger partial charge in [0.2, 0.25) is 5.91 Å². The van der Waals surface area contributed by atoms with Crippen molar-refractivity contribution in [1.82, 2.24) is 14.7 Å². The molecule has 0 aromatic heterocycles. The maximum atomic E-state index is 13.3. The van der Waals surface area contributed by atoms with Crippen molar-refractivity contribution in [3.05, 3.63) is 95.6 Å². The van der Waals surface area contributed by atoms with Gasteiger partial charge in [0.05, 0.1) is 6.42 Å². The van der Waals surface area contributed by atoms with Gasteiger partial charge in [-0.15, -0.1) is 0 Å². The van der Waals surface area contributed by atoms with Crippen LogP contribution in [0.15, 0.2) is 78.9 Å². The van der Waals surface area contributed by atoms with E-state index in [2.05, 4.69) is 79.5 Å². The molecule has 0 fully saturated rings. The van der Waals surface area contributed by atoms with Gasteiger partial charge in [-0.3, -0.25) is 4.79 Å². The lowest BCUT2D eigenvalue weighted by Crippen LogP contribution is -2.33. The van der Waals surface area contributed by atoms with Crippen LogP contribution in [-0.4, -0.2) is 75.1 Å². The second-order valence-electron chi connectivity index (χ2n) is 9.72. The second kappa shape index (κ2) is 14.5. The molecular weight excluding hydrogens is 446 g/mol. The van der Waals surface area contributed by atoms with Gasteiger partial charge < -0.3 is 19.4 Å². The lowest BCUT2D eigenvalue weighted by molar-refractivity contribution is -0.131.